The Bertz CT molecular complexity index is 1030. The van der Waals surface area contributed by atoms with Gasteiger partial charge in [0.1, 0.15) is 11.5 Å². The van der Waals surface area contributed by atoms with Crippen molar-refractivity contribution in [3.05, 3.63) is 90.0 Å². The summed E-state index contributed by atoms with van der Waals surface area (Å²) >= 11 is 0. The molecule has 27 heavy (non-hydrogen) atoms. The molecule has 0 bridgehead atoms. The Balaban J connectivity index is 1.96. The number of ether oxygens (including phenoxy) is 1. The van der Waals surface area contributed by atoms with Crippen LogP contribution >= 0.6 is 0 Å². The molecule has 6 nitrogen and oxygen atoms in total. The minimum atomic E-state index is -3.85. The van der Waals surface area contributed by atoms with Crippen molar-refractivity contribution in [1.29, 1.82) is 0 Å². The molecule has 0 heterocycles. The van der Waals surface area contributed by atoms with Crippen molar-refractivity contribution in [2.75, 3.05) is 7.11 Å². The van der Waals surface area contributed by atoms with Crippen molar-refractivity contribution in [3.63, 3.8) is 0 Å². The fourth-order valence-electron chi connectivity index (χ4n) is 2.42. The molecule has 0 aliphatic heterocycles. The number of phenols is 1. The first kappa shape index (κ1) is 18.5. The number of rotatable bonds is 6. The van der Waals surface area contributed by atoms with Crippen molar-refractivity contribution in [2.45, 2.75) is 4.90 Å². The van der Waals surface area contributed by atoms with Crippen LogP contribution in [0.2, 0.25) is 0 Å². The molecule has 0 fully saturated rings. The van der Waals surface area contributed by atoms with E-state index < -0.39 is 10.0 Å². The molecule has 0 aliphatic rings. The summed E-state index contributed by atoms with van der Waals surface area (Å²) in [7, 11) is -2.34. The summed E-state index contributed by atoms with van der Waals surface area (Å²) in [4.78, 5) is 2.36. The van der Waals surface area contributed by atoms with E-state index in [0.29, 0.717) is 17.0 Å². The Morgan fingerprint density at radius 1 is 0.889 bits per heavy atom. The van der Waals surface area contributed by atoms with Crippen LogP contribution < -0.4 is 9.57 Å². The molecule has 2 N–H and O–H groups in total. The second-order valence-corrected chi connectivity index (χ2v) is 7.30. The quantitative estimate of drug-likeness (QED) is 0.506. The Hall–Kier alpha value is -3.32. The molecule has 0 unspecified atom stereocenters. The van der Waals surface area contributed by atoms with E-state index in [1.165, 1.54) is 31.4 Å². The third-order valence-electron chi connectivity index (χ3n) is 3.84. The van der Waals surface area contributed by atoms with Crippen LogP contribution in [0.1, 0.15) is 11.1 Å². The SMILES string of the molecule is COc1ccc(S(=O)(=O)N/N=C(\c2ccccc2)c2ccc(O)cc2)cc1. The number of hydrogen-bond acceptors (Lipinski definition) is 5. The van der Waals surface area contributed by atoms with Gasteiger partial charge in [0, 0.05) is 11.1 Å². The van der Waals surface area contributed by atoms with E-state index in [2.05, 4.69) is 9.93 Å². The number of phenolic OH excluding ortho intramolecular Hbond substituents is 1. The van der Waals surface area contributed by atoms with Crippen LogP contribution in [0, 0.1) is 0 Å². The second kappa shape index (κ2) is 7.92. The maximum atomic E-state index is 12.6. The Kier molecular flexibility index (Phi) is 5.42. The Morgan fingerprint density at radius 2 is 1.48 bits per heavy atom. The molecule has 0 aromatic heterocycles. The highest BCUT2D eigenvalue weighted by Gasteiger charge is 2.15. The molecule has 0 amide bonds. The third kappa shape index (κ3) is 4.45. The molecule has 7 heteroatoms. The van der Waals surface area contributed by atoms with Gasteiger partial charge in [0.2, 0.25) is 0 Å². The highest BCUT2D eigenvalue weighted by atomic mass is 32.2. The molecule has 0 saturated carbocycles. The van der Waals surface area contributed by atoms with Gasteiger partial charge >= 0.3 is 0 Å². The van der Waals surface area contributed by atoms with Gasteiger partial charge in [-0.25, -0.2) is 0 Å². The second-order valence-electron chi connectivity index (χ2n) is 5.64. The van der Waals surface area contributed by atoms with E-state index in [9.17, 15) is 13.5 Å². The highest BCUT2D eigenvalue weighted by molar-refractivity contribution is 7.89. The zero-order valence-corrected chi connectivity index (χ0v) is 15.3. The maximum absolute atomic E-state index is 12.6. The first-order valence-electron chi connectivity index (χ1n) is 8.08. The number of benzene rings is 3. The van der Waals surface area contributed by atoms with Crippen LogP contribution in [0.5, 0.6) is 11.5 Å². The average Bonchev–Trinajstić information content (AvgIpc) is 2.70. The normalized spacial score (nSPS) is 11.8. The fourth-order valence-corrected chi connectivity index (χ4v) is 3.24. The van der Waals surface area contributed by atoms with Gasteiger partial charge in [0.25, 0.3) is 10.0 Å². The van der Waals surface area contributed by atoms with Crippen molar-refractivity contribution in [3.8, 4) is 11.5 Å². The predicted octanol–water partition coefficient (Wildman–Crippen LogP) is 3.13. The van der Waals surface area contributed by atoms with Crippen LogP contribution in [0.15, 0.2) is 88.9 Å². The molecular formula is C20H18N2O4S. The van der Waals surface area contributed by atoms with E-state index >= 15 is 0 Å². The van der Waals surface area contributed by atoms with Gasteiger partial charge in [0.05, 0.1) is 17.7 Å². The summed E-state index contributed by atoms with van der Waals surface area (Å²) < 4.78 is 30.2. The number of nitrogens with one attached hydrogen (secondary N) is 1. The first-order valence-corrected chi connectivity index (χ1v) is 9.56. The number of nitrogens with zero attached hydrogens (tertiary/aromatic N) is 1. The molecule has 3 aromatic carbocycles. The molecule has 138 valence electrons. The topological polar surface area (TPSA) is 88.0 Å². The molecule has 0 saturated heterocycles. The standard InChI is InChI=1S/C20H18N2O4S/c1-26-18-11-13-19(14-12-18)27(24,25)22-21-20(15-5-3-2-4-6-15)16-7-9-17(23)10-8-16/h2-14,22-23H,1H3/b21-20+. The first-order chi connectivity index (χ1) is 13.0. The van der Waals surface area contributed by atoms with Gasteiger partial charge in [-0.1, -0.05) is 30.3 Å². The van der Waals surface area contributed by atoms with Crippen LogP contribution in [-0.4, -0.2) is 26.3 Å². The minimum absolute atomic E-state index is 0.0742. The number of aromatic hydroxyl groups is 1. The highest BCUT2D eigenvalue weighted by Crippen LogP contribution is 2.17. The molecule has 3 aromatic rings. The zero-order valence-electron chi connectivity index (χ0n) is 14.5. The zero-order chi connectivity index (χ0) is 19.3. The molecule has 0 spiro atoms. The minimum Gasteiger partial charge on any atom is -0.508 e. The largest absolute Gasteiger partial charge is 0.508 e. The Labute approximate surface area is 157 Å². The lowest BCUT2D eigenvalue weighted by Gasteiger charge is -2.10. The molecule has 3 rings (SSSR count). The smallest absolute Gasteiger partial charge is 0.276 e. The van der Waals surface area contributed by atoms with Gasteiger partial charge in [-0.2, -0.15) is 18.4 Å². The lowest BCUT2D eigenvalue weighted by molar-refractivity contribution is 0.414. The predicted molar refractivity (Wildman–Crippen MR) is 104 cm³/mol. The summed E-state index contributed by atoms with van der Waals surface area (Å²) in [6, 6.07) is 21.6. The third-order valence-corrected chi connectivity index (χ3v) is 5.06. The molecule has 0 atom stereocenters. The summed E-state index contributed by atoms with van der Waals surface area (Å²) in [5, 5.41) is 13.6. The van der Waals surface area contributed by atoms with E-state index in [1.807, 2.05) is 30.3 Å². The maximum Gasteiger partial charge on any atom is 0.276 e. The van der Waals surface area contributed by atoms with Crippen LogP contribution in [-0.2, 0) is 10.0 Å². The number of hydrazone groups is 1. The van der Waals surface area contributed by atoms with Crippen LogP contribution in [0.4, 0.5) is 0 Å². The summed E-state index contributed by atoms with van der Waals surface area (Å²) in [5.74, 6) is 0.677. The van der Waals surface area contributed by atoms with Gasteiger partial charge < -0.3 is 9.84 Å². The fraction of sp³-hybridized carbons (Fsp3) is 0.0500. The van der Waals surface area contributed by atoms with Gasteiger partial charge in [-0.05, 0) is 48.5 Å². The lowest BCUT2D eigenvalue weighted by Crippen LogP contribution is -2.21. The lowest BCUT2D eigenvalue weighted by atomic mass is 10.0. The average molecular weight is 382 g/mol. The van der Waals surface area contributed by atoms with E-state index in [0.717, 1.165) is 5.56 Å². The van der Waals surface area contributed by atoms with E-state index in [1.54, 1.807) is 24.3 Å². The summed E-state index contributed by atoms with van der Waals surface area (Å²) in [5.41, 5.74) is 1.84. The van der Waals surface area contributed by atoms with Crippen molar-refractivity contribution in [1.82, 2.24) is 4.83 Å². The monoisotopic (exact) mass is 382 g/mol. The van der Waals surface area contributed by atoms with Crippen molar-refractivity contribution < 1.29 is 18.3 Å². The van der Waals surface area contributed by atoms with Gasteiger partial charge in [0.15, 0.2) is 0 Å². The van der Waals surface area contributed by atoms with Crippen LogP contribution in [0.3, 0.4) is 0 Å². The van der Waals surface area contributed by atoms with Gasteiger partial charge in [-0.15, -0.1) is 0 Å². The van der Waals surface area contributed by atoms with Crippen molar-refractivity contribution in [2.24, 2.45) is 5.10 Å². The number of methoxy groups -OCH3 is 1. The Morgan fingerprint density at radius 3 is 2.07 bits per heavy atom. The van der Waals surface area contributed by atoms with E-state index in [4.69, 9.17) is 4.74 Å². The summed E-state index contributed by atoms with van der Waals surface area (Å²) in [6.45, 7) is 0. The molecular weight excluding hydrogens is 364 g/mol. The summed E-state index contributed by atoms with van der Waals surface area (Å²) in [6.07, 6.45) is 0. The van der Waals surface area contributed by atoms with Crippen LogP contribution in [0.25, 0.3) is 0 Å². The number of sulfonamides is 1. The van der Waals surface area contributed by atoms with E-state index in [-0.39, 0.29) is 10.6 Å². The van der Waals surface area contributed by atoms with Gasteiger partial charge in [-0.3, -0.25) is 0 Å². The molecule has 0 aliphatic carbocycles. The molecule has 0 radical (unpaired) electrons. The number of hydrogen-bond donors (Lipinski definition) is 2. The van der Waals surface area contributed by atoms with Crippen molar-refractivity contribution >= 4 is 15.7 Å².